The predicted octanol–water partition coefficient (Wildman–Crippen LogP) is 4.96. The van der Waals surface area contributed by atoms with E-state index >= 15 is 0 Å². The highest BCUT2D eigenvalue weighted by Gasteiger charge is 2.37. The standard InChI is InChI=1S/C20H27NO3Si/c1-20(2,3)25(4,5)24-15-17-12-9-13-21-18(17)19(22)23-14-16-10-7-6-8-11-16/h6-13H,14-15H2,1-5H3. The van der Waals surface area contributed by atoms with Crippen LogP contribution in [0.4, 0.5) is 0 Å². The van der Waals surface area contributed by atoms with E-state index in [9.17, 15) is 4.79 Å². The summed E-state index contributed by atoms with van der Waals surface area (Å²) in [7, 11) is -1.90. The lowest BCUT2D eigenvalue weighted by atomic mass is 10.2. The normalized spacial score (nSPS) is 12.0. The molecule has 134 valence electrons. The molecule has 0 fully saturated rings. The van der Waals surface area contributed by atoms with Crippen molar-refractivity contribution >= 4 is 14.3 Å². The number of nitrogens with zero attached hydrogens (tertiary/aromatic N) is 1. The summed E-state index contributed by atoms with van der Waals surface area (Å²) in [4.78, 5) is 16.6. The van der Waals surface area contributed by atoms with E-state index in [0.29, 0.717) is 12.3 Å². The molecular weight excluding hydrogens is 330 g/mol. The first kappa shape index (κ1) is 19.3. The number of hydrogen-bond donors (Lipinski definition) is 0. The molecule has 0 aliphatic rings. The minimum Gasteiger partial charge on any atom is -0.456 e. The fraction of sp³-hybridized carbons (Fsp3) is 0.400. The van der Waals surface area contributed by atoms with Crippen molar-refractivity contribution in [2.45, 2.75) is 52.1 Å². The molecule has 0 amide bonds. The summed E-state index contributed by atoms with van der Waals surface area (Å²) in [5.74, 6) is -0.418. The zero-order valence-electron chi connectivity index (χ0n) is 15.7. The highest BCUT2D eigenvalue weighted by molar-refractivity contribution is 6.74. The third-order valence-corrected chi connectivity index (χ3v) is 9.17. The Hall–Kier alpha value is -1.98. The molecule has 1 heterocycles. The van der Waals surface area contributed by atoms with E-state index in [1.807, 2.05) is 42.5 Å². The molecule has 0 aliphatic carbocycles. The van der Waals surface area contributed by atoms with E-state index in [4.69, 9.17) is 9.16 Å². The van der Waals surface area contributed by atoms with Gasteiger partial charge in [-0.15, -0.1) is 0 Å². The second-order valence-electron chi connectivity index (χ2n) is 7.62. The van der Waals surface area contributed by atoms with E-state index in [0.717, 1.165) is 11.1 Å². The molecule has 2 rings (SSSR count). The number of aromatic nitrogens is 1. The minimum atomic E-state index is -1.90. The number of pyridine rings is 1. The molecule has 4 nitrogen and oxygen atoms in total. The molecule has 0 N–H and O–H groups in total. The molecule has 1 aromatic carbocycles. The average Bonchev–Trinajstić information content (AvgIpc) is 2.58. The summed E-state index contributed by atoms with van der Waals surface area (Å²) in [5.41, 5.74) is 2.05. The molecule has 0 saturated carbocycles. The molecule has 0 saturated heterocycles. The highest BCUT2D eigenvalue weighted by Crippen LogP contribution is 2.37. The van der Waals surface area contributed by atoms with Crippen LogP contribution in [0.15, 0.2) is 48.7 Å². The number of benzene rings is 1. The fourth-order valence-electron chi connectivity index (χ4n) is 2.01. The van der Waals surface area contributed by atoms with Crippen LogP contribution >= 0.6 is 0 Å². The van der Waals surface area contributed by atoms with Crippen LogP contribution in [0, 0.1) is 0 Å². The van der Waals surface area contributed by atoms with Gasteiger partial charge in [0.05, 0.1) is 6.61 Å². The van der Waals surface area contributed by atoms with E-state index in [2.05, 4.69) is 38.8 Å². The fourth-order valence-corrected chi connectivity index (χ4v) is 2.95. The maximum atomic E-state index is 12.4. The monoisotopic (exact) mass is 357 g/mol. The van der Waals surface area contributed by atoms with Crippen LogP contribution in [-0.2, 0) is 22.4 Å². The molecule has 0 radical (unpaired) electrons. The maximum absolute atomic E-state index is 12.4. The van der Waals surface area contributed by atoms with Gasteiger partial charge in [-0.1, -0.05) is 57.2 Å². The van der Waals surface area contributed by atoms with Gasteiger partial charge in [0.2, 0.25) is 0 Å². The lowest BCUT2D eigenvalue weighted by Gasteiger charge is -2.36. The maximum Gasteiger partial charge on any atom is 0.357 e. The minimum absolute atomic E-state index is 0.114. The van der Waals surface area contributed by atoms with Crippen molar-refractivity contribution in [1.29, 1.82) is 0 Å². The van der Waals surface area contributed by atoms with Crippen LogP contribution in [0.25, 0.3) is 0 Å². The van der Waals surface area contributed by atoms with Crippen LogP contribution in [0.5, 0.6) is 0 Å². The molecule has 0 spiro atoms. The topological polar surface area (TPSA) is 48.4 Å². The van der Waals surface area contributed by atoms with Crippen molar-refractivity contribution in [3.05, 3.63) is 65.5 Å². The molecule has 25 heavy (non-hydrogen) atoms. The van der Waals surface area contributed by atoms with Crippen LogP contribution in [0.2, 0.25) is 18.1 Å². The molecule has 0 atom stereocenters. The molecule has 0 aliphatic heterocycles. The third kappa shape index (κ3) is 5.24. The zero-order valence-corrected chi connectivity index (χ0v) is 16.7. The van der Waals surface area contributed by atoms with Crippen LogP contribution in [0.1, 0.15) is 42.4 Å². The second-order valence-corrected chi connectivity index (χ2v) is 12.4. The van der Waals surface area contributed by atoms with Crippen LogP contribution < -0.4 is 0 Å². The Morgan fingerprint density at radius 3 is 2.36 bits per heavy atom. The Kier molecular flexibility index (Phi) is 6.14. The highest BCUT2D eigenvalue weighted by atomic mass is 28.4. The predicted molar refractivity (Wildman–Crippen MR) is 102 cm³/mol. The summed E-state index contributed by atoms with van der Waals surface area (Å²) in [6.07, 6.45) is 1.61. The summed E-state index contributed by atoms with van der Waals surface area (Å²) in [5, 5.41) is 0.114. The van der Waals surface area contributed by atoms with Gasteiger partial charge in [0.1, 0.15) is 6.61 Å². The summed E-state index contributed by atoms with van der Waals surface area (Å²) >= 11 is 0. The van der Waals surface area contributed by atoms with Gasteiger partial charge < -0.3 is 9.16 Å². The van der Waals surface area contributed by atoms with E-state index in [1.54, 1.807) is 6.20 Å². The van der Waals surface area contributed by atoms with E-state index in [1.165, 1.54) is 0 Å². The Balaban J connectivity index is 2.06. The SMILES string of the molecule is CC(C)(C)[Si](C)(C)OCc1cccnc1C(=O)OCc1ccccc1. The number of ether oxygens (including phenoxy) is 1. The first-order valence-corrected chi connectivity index (χ1v) is 11.4. The number of esters is 1. The quantitative estimate of drug-likeness (QED) is 0.541. The largest absolute Gasteiger partial charge is 0.456 e. The summed E-state index contributed by atoms with van der Waals surface area (Å²) in [6, 6.07) is 13.3. The van der Waals surface area contributed by atoms with Crippen LogP contribution in [-0.4, -0.2) is 19.3 Å². The van der Waals surface area contributed by atoms with Gasteiger partial charge in [-0.25, -0.2) is 9.78 Å². The van der Waals surface area contributed by atoms with Gasteiger partial charge in [0.25, 0.3) is 0 Å². The first-order valence-electron chi connectivity index (χ1n) is 8.49. The Morgan fingerprint density at radius 2 is 1.72 bits per heavy atom. The third-order valence-electron chi connectivity index (χ3n) is 4.69. The summed E-state index contributed by atoms with van der Waals surface area (Å²) < 4.78 is 11.6. The molecular formula is C20H27NO3Si. The Morgan fingerprint density at radius 1 is 1.04 bits per heavy atom. The number of rotatable bonds is 6. The van der Waals surface area contributed by atoms with Gasteiger partial charge in [-0.2, -0.15) is 0 Å². The van der Waals surface area contributed by atoms with Crippen molar-refractivity contribution < 1.29 is 14.0 Å². The Labute approximate surface area is 151 Å². The molecule has 2 aromatic rings. The van der Waals surface area contributed by atoms with Crippen molar-refractivity contribution in [3.63, 3.8) is 0 Å². The van der Waals surface area contributed by atoms with Gasteiger partial charge >= 0.3 is 5.97 Å². The van der Waals surface area contributed by atoms with Crippen molar-refractivity contribution in [3.8, 4) is 0 Å². The number of hydrogen-bond acceptors (Lipinski definition) is 4. The molecule has 1 aromatic heterocycles. The molecule has 5 heteroatoms. The zero-order chi connectivity index (χ0) is 18.5. The van der Waals surface area contributed by atoms with Gasteiger partial charge in [-0.05, 0) is 29.8 Å². The molecule has 0 unspecified atom stereocenters. The Bertz CT molecular complexity index is 708. The van der Waals surface area contributed by atoms with Crippen molar-refractivity contribution in [1.82, 2.24) is 4.98 Å². The average molecular weight is 358 g/mol. The number of carbonyl (C=O) groups excluding carboxylic acids is 1. The lowest BCUT2D eigenvalue weighted by Crippen LogP contribution is -2.40. The summed E-state index contributed by atoms with van der Waals surface area (Å²) in [6.45, 7) is 11.6. The van der Waals surface area contributed by atoms with E-state index in [-0.39, 0.29) is 11.6 Å². The number of carbonyl (C=O) groups is 1. The van der Waals surface area contributed by atoms with Gasteiger partial charge in [0.15, 0.2) is 14.0 Å². The van der Waals surface area contributed by atoms with Crippen LogP contribution in [0.3, 0.4) is 0 Å². The van der Waals surface area contributed by atoms with Crippen molar-refractivity contribution in [2.24, 2.45) is 0 Å². The van der Waals surface area contributed by atoms with E-state index < -0.39 is 14.3 Å². The van der Waals surface area contributed by atoms with Crippen molar-refractivity contribution in [2.75, 3.05) is 0 Å². The first-order chi connectivity index (χ1) is 11.7. The van der Waals surface area contributed by atoms with Gasteiger partial charge in [-0.3, -0.25) is 0 Å². The van der Waals surface area contributed by atoms with Gasteiger partial charge in [0, 0.05) is 11.8 Å². The molecule has 0 bridgehead atoms. The second kappa shape index (κ2) is 7.93. The smallest absolute Gasteiger partial charge is 0.357 e. The lowest BCUT2D eigenvalue weighted by molar-refractivity contribution is 0.0462.